The number of ether oxygens (including phenoxy) is 1. The second-order valence-electron chi connectivity index (χ2n) is 6.69. The van der Waals surface area contributed by atoms with Gasteiger partial charge in [-0.2, -0.15) is 15.8 Å². The summed E-state index contributed by atoms with van der Waals surface area (Å²) in [5.41, 5.74) is -1.06. The highest BCUT2D eigenvalue weighted by Crippen LogP contribution is 2.51. The Hall–Kier alpha value is -2.85. The van der Waals surface area contributed by atoms with Crippen molar-refractivity contribution in [2.24, 2.45) is 29.1 Å². The highest BCUT2D eigenvalue weighted by molar-refractivity contribution is 6.00. The lowest BCUT2D eigenvalue weighted by atomic mass is 9.53. The van der Waals surface area contributed by atoms with Crippen molar-refractivity contribution in [2.45, 2.75) is 20.8 Å². The molecule has 2 rings (SSSR count). The Morgan fingerprint density at radius 3 is 2.56 bits per heavy atom. The fourth-order valence-corrected chi connectivity index (χ4v) is 4.07. The van der Waals surface area contributed by atoms with Crippen molar-refractivity contribution in [1.82, 2.24) is 4.90 Å². The molecule has 1 heterocycles. The first kappa shape index (κ1) is 18.5. The normalized spacial score (nSPS) is 27.4. The molecule has 0 aromatic heterocycles. The van der Waals surface area contributed by atoms with Gasteiger partial charge in [0.05, 0.1) is 30.5 Å². The Morgan fingerprint density at radius 2 is 2.08 bits per heavy atom. The van der Waals surface area contributed by atoms with E-state index in [2.05, 4.69) is 6.07 Å². The molecule has 2 aliphatic rings. The van der Waals surface area contributed by atoms with Gasteiger partial charge in [0.15, 0.2) is 5.41 Å². The van der Waals surface area contributed by atoms with Crippen LogP contribution in [0.25, 0.3) is 0 Å². The number of rotatable bonds is 2. The molecule has 1 N–H and O–H groups in total. The van der Waals surface area contributed by atoms with E-state index in [1.165, 1.54) is 4.90 Å². The van der Waals surface area contributed by atoms with Crippen LogP contribution in [0.2, 0.25) is 0 Å². The first-order chi connectivity index (χ1) is 11.9. The number of hydrogen-bond acceptors (Lipinski definition) is 6. The molecule has 1 aliphatic heterocycles. The summed E-state index contributed by atoms with van der Waals surface area (Å²) in [6.45, 7) is 6.36. The van der Waals surface area contributed by atoms with Crippen LogP contribution in [-0.2, 0) is 4.74 Å². The van der Waals surface area contributed by atoms with Gasteiger partial charge in [0.1, 0.15) is 5.92 Å². The average molecular weight is 339 g/mol. The lowest BCUT2D eigenvalue weighted by Crippen LogP contribution is -2.56. The molecular weight excluding hydrogens is 318 g/mol. The SMILES string of the molecule is CCOC(=O)N1CC=C2C(C#N)C(=N)C(C#N)(C#N)[C@@H](C(C)C)[C@H]2C1. The minimum absolute atomic E-state index is 0.0742. The Balaban J connectivity index is 2.56. The van der Waals surface area contributed by atoms with E-state index in [1.807, 2.05) is 26.0 Å². The van der Waals surface area contributed by atoms with E-state index < -0.39 is 23.3 Å². The van der Waals surface area contributed by atoms with Crippen molar-refractivity contribution < 1.29 is 9.53 Å². The Kier molecular flexibility index (Phi) is 5.14. The van der Waals surface area contributed by atoms with Crippen molar-refractivity contribution in [3.05, 3.63) is 11.6 Å². The molecule has 0 radical (unpaired) electrons. The van der Waals surface area contributed by atoms with E-state index in [9.17, 15) is 20.6 Å². The average Bonchev–Trinajstić information content (AvgIpc) is 2.60. The van der Waals surface area contributed by atoms with E-state index in [1.54, 1.807) is 13.0 Å². The van der Waals surface area contributed by atoms with Crippen LogP contribution in [0, 0.1) is 68.5 Å². The van der Waals surface area contributed by atoms with Crippen LogP contribution < -0.4 is 0 Å². The fourth-order valence-electron chi connectivity index (χ4n) is 4.07. The molecule has 1 amide bonds. The summed E-state index contributed by atoms with van der Waals surface area (Å²) < 4.78 is 5.06. The van der Waals surface area contributed by atoms with E-state index in [-0.39, 0.29) is 30.7 Å². The van der Waals surface area contributed by atoms with Crippen LogP contribution in [0.5, 0.6) is 0 Å². The second kappa shape index (κ2) is 6.95. The van der Waals surface area contributed by atoms with Gasteiger partial charge < -0.3 is 15.0 Å². The number of nitrogens with one attached hydrogen (secondary N) is 1. The van der Waals surface area contributed by atoms with Gasteiger partial charge in [-0.1, -0.05) is 19.9 Å². The van der Waals surface area contributed by atoms with Crippen molar-refractivity contribution in [2.75, 3.05) is 19.7 Å². The molecule has 7 heteroatoms. The minimum Gasteiger partial charge on any atom is -0.450 e. The molecule has 0 saturated heterocycles. The zero-order valence-corrected chi connectivity index (χ0v) is 14.6. The van der Waals surface area contributed by atoms with Crippen molar-refractivity contribution in [1.29, 1.82) is 21.2 Å². The van der Waals surface area contributed by atoms with Gasteiger partial charge in [0.2, 0.25) is 0 Å². The first-order valence-electron chi connectivity index (χ1n) is 8.30. The summed E-state index contributed by atoms with van der Waals surface area (Å²) in [5, 5.41) is 37.4. The minimum atomic E-state index is -1.66. The Labute approximate surface area is 147 Å². The summed E-state index contributed by atoms with van der Waals surface area (Å²) in [7, 11) is 0. The van der Waals surface area contributed by atoms with Gasteiger partial charge >= 0.3 is 6.09 Å². The largest absolute Gasteiger partial charge is 0.450 e. The molecule has 1 saturated carbocycles. The number of nitrogens with zero attached hydrogens (tertiary/aromatic N) is 4. The fraction of sp³-hybridized carbons (Fsp3) is 0.611. The third-order valence-electron chi connectivity index (χ3n) is 5.10. The van der Waals surface area contributed by atoms with Crippen molar-refractivity contribution >= 4 is 11.8 Å². The smallest absolute Gasteiger partial charge is 0.410 e. The summed E-state index contributed by atoms with van der Waals surface area (Å²) in [6, 6.07) is 6.11. The predicted octanol–water partition coefficient (Wildman–Crippen LogP) is 2.48. The monoisotopic (exact) mass is 339 g/mol. The van der Waals surface area contributed by atoms with E-state index in [0.29, 0.717) is 6.54 Å². The van der Waals surface area contributed by atoms with Gasteiger partial charge in [-0.05, 0) is 18.4 Å². The zero-order chi connectivity index (χ0) is 18.8. The third-order valence-corrected chi connectivity index (χ3v) is 5.10. The van der Waals surface area contributed by atoms with Crippen LogP contribution in [0.15, 0.2) is 11.6 Å². The standard InChI is InChI=1S/C18H21N5O2/c1-4-25-17(24)23-6-5-12-13(7-19)16(22)18(9-20,10-21)15(11(2)3)14(12)8-23/h5,11,13-15,22H,4,6,8H2,1-3H3/t13?,14-,15-/m0/s1. The first-order valence-corrected chi connectivity index (χ1v) is 8.30. The van der Waals surface area contributed by atoms with Gasteiger partial charge in [-0.3, -0.25) is 0 Å². The third kappa shape index (κ3) is 2.75. The topological polar surface area (TPSA) is 125 Å². The number of hydrogen-bond donors (Lipinski definition) is 1. The molecule has 0 bridgehead atoms. The van der Waals surface area contributed by atoms with Crippen LogP contribution in [0.1, 0.15) is 20.8 Å². The molecule has 0 aromatic carbocycles. The molecule has 0 spiro atoms. The van der Waals surface area contributed by atoms with E-state index in [0.717, 1.165) is 5.57 Å². The molecule has 1 fully saturated rings. The number of carbonyl (C=O) groups excluding carboxylic acids is 1. The van der Waals surface area contributed by atoms with Gasteiger partial charge in [-0.15, -0.1) is 0 Å². The van der Waals surface area contributed by atoms with Gasteiger partial charge in [0.25, 0.3) is 0 Å². The second-order valence-corrected chi connectivity index (χ2v) is 6.69. The molecule has 1 unspecified atom stereocenters. The van der Waals surface area contributed by atoms with Crippen LogP contribution in [0.3, 0.4) is 0 Å². The maximum absolute atomic E-state index is 12.1. The van der Waals surface area contributed by atoms with Crippen molar-refractivity contribution in [3.63, 3.8) is 0 Å². The molecule has 25 heavy (non-hydrogen) atoms. The lowest BCUT2D eigenvalue weighted by Gasteiger charge is -2.48. The summed E-state index contributed by atoms with van der Waals surface area (Å²) in [5.74, 6) is -1.77. The van der Waals surface area contributed by atoms with Gasteiger partial charge in [0, 0.05) is 24.9 Å². The molecule has 130 valence electrons. The predicted molar refractivity (Wildman–Crippen MR) is 89.0 cm³/mol. The lowest BCUT2D eigenvalue weighted by molar-refractivity contribution is 0.0859. The number of amides is 1. The van der Waals surface area contributed by atoms with E-state index in [4.69, 9.17) is 10.1 Å². The zero-order valence-electron chi connectivity index (χ0n) is 14.6. The van der Waals surface area contributed by atoms with Gasteiger partial charge in [-0.25, -0.2) is 4.79 Å². The Bertz CT molecular complexity index is 720. The highest BCUT2D eigenvalue weighted by atomic mass is 16.6. The maximum Gasteiger partial charge on any atom is 0.410 e. The quantitative estimate of drug-likeness (QED) is 0.774. The van der Waals surface area contributed by atoms with Crippen LogP contribution >= 0.6 is 0 Å². The molecule has 3 atom stereocenters. The number of fused-ring (bicyclic) bond motifs is 1. The summed E-state index contributed by atoms with van der Waals surface area (Å²) >= 11 is 0. The Morgan fingerprint density at radius 1 is 1.44 bits per heavy atom. The highest BCUT2D eigenvalue weighted by Gasteiger charge is 2.58. The maximum atomic E-state index is 12.1. The molecular formula is C18H21N5O2. The van der Waals surface area contributed by atoms with E-state index >= 15 is 0 Å². The number of carbonyl (C=O) groups is 1. The summed E-state index contributed by atoms with van der Waals surface area (Å²) in [6.07, 6.45) is 1.33. The summed E-state index contributed by atoms with van der Waals surface area (Å²) in [4.78, 5) is 13.6. The number of nitriles is 3. The van der Waals surface area contributed by atoms with Crippen LogP contribution in [-0.4, -0.2) is 36.4 Å². The molecule has 0 aromatic rings. The molecule has 1 aliphatic carbocycles. The molecule has 7 nitrogen and oxygen atoms in total. The van der Waals surface area contributed by atoms with Crippen LogP contribution in [0.4, 0.5) is 4.79 Å². The van der Waals surface area contributed by atoms with Crippen molar-refractivity contribution in [3.8, 4) is 18.2 Å².